The highest BCUT2D eigenvalue weighted by Crippen LogP contribution is 2.45. The number of aliphatic hydroxyl groups excluding tert-OH is 1. The summed E-state index contributed by atoms with van der Waals surface area (Å²) >= 11 is 0. The van der Waals surface area contributed by atoms with Crippen molar-refractivity contribution in [2.24, 2.45) is 11.8 Å². The second kappa shape index (κ2) is 7.45. The topological polar surface area (TPSA) is 66.8 Å². The van der Waals surface area contributed by atoms with Crippen LogP contribution < -0.4 is 0 Å². The van der Waals surface area contributed by atoms with Gasteiger partial charge in [-0.05, 0) is 55.6 Å². The van der Waals surface area contributed by atoms with Crippen LogP contribution in [-0.2, 0) is 22.4 Å². The standard InChI is InChI=1S/C19H26O4/c20-12-16-15(17-10-11-18(16)23-17)9-8-14-5-2-1-4-13(14)6-3-7-19(21)22/h1-2,4-5,15-18,20H,3,6-12H2,(H,21,22)/t15-,16+,17+,18-/m1/s1. The summed E-state index contributed by atoms with van der Waals surface area (Å²) in [6.45, 7) is 0.228. The molecule has 2 fully saturated rings. The van der Waals surface area contributed by atoms with Crippen LogP contribution in [0.4, 0.5) is 0 Å². The van der Waals surface area contributed by atoms with Crippen LogP contribution in [0.3, 0.4) is 0 Å². The van der Waals surface area contributed by atoms with Gasteiger partial charge in [0.2, 0.25) is 0 Å². The second-order valence-electron chi connectivity index (χ2n) is 6.86. The Morgan fingerprint density at radius 3 is 2.39 bits per heavy atom. The molecule has 4 atom stereocenters. The quantitative estimate of drug-likeness (QED) is 0.773. The van der Waals surface area contributed by atoms with Gasteiger partial charge in [-0.15, -0.1) is 0 Å². The number of hydrogen-bond acceptors (Lipinski definition) is 3. The lowest BCUT2D eigenvalue weighted by Crippen LogP contribution is -2.30. The van der Waals surface area contributed by atoms with Crippen molar-refractivity contribution in [1.82, 2.24) is 0 Å². The fourth-order valence-corrected chi connectivity index (χ4v) is 4.32. The molecule has 0 unspecified atom stereocenters. The first-order valence-corrected chi connectivity index (χ1v) is 8.74. The Bertz CT molecular complexity index is 542. The van der Waals surface area contributed by atoms with Crippen LogP contribution in [0.15, 0.2) is 24.3 Å². The monoisotopic (exact) mass is 318 g/mol. The molecule has 2 aliphatic rings. The van der Waals surface area contributed by atoms with Crippen LogP contribution >= 0.6 is 0 Å². The number of benzene rings is 1. The van der Waals surface area contributed by atoms with Crippen LogP contribution in [0.25, 0.3) is 0 Å². The van der Waals surface area contributed by atoms with E-state index in [0.29, 0.717) is 24.4 Å². The molecule has 4 heteroatoms. The number of fused-ring (bicyclic) bond motifs is 2. The molecule has 4 nitrogen and oxygen atoms in total. The first-order valence-electron chi connectivity index (χ1n) is 8.74. The number of aryl methyl sites for hydroxylation is 2. The summed E-state index contributed by atoms with van der Waals surface area (Å²) in [7, 11) is 0. The van der Waals surface area contributed by atoms with Gasteiger partial charge in [0.1, 0.15) is 0 Å². The van der Waals surface area contributed by atoms with Crippen molar-refractivity contribution in [2.45, 2.75) is 57.2 Å². The van der Waals surface area contributed by atoms with Gasteiger partial charge < -0.3 is 14.9 Å². The first kappa shape index (κ1) is 16.5. The maximum Gasteiger partial charge on any atom is 0.303 e. The Labute approximate surface area is 137 Å². The van der Waals surface area contributed by atoms with Crippen molar-refractivity contribution in [2.75, 3.05) is 6.61 Å². The van der Waals surface area contributed by atoms with Crippen molar-refractivity contribution < 1.29 is 19.7 Å². The zero-order valence-electron chi connectivity index (χ0n) is 13.5. The molecule has 0 aromatic heterocycles. The molecule has 2 aliphatic heterocycles. The predicted octanol–water partition coefficient (Wildman–Crippen LogP) is 2.81. The lowest BCUT2D eigenvalue weighted by atomic mass is 9.76. The summed E-state index contributed by atoms with van der Waals surface area (Å²) < 4.78 is 5.97. The molecule has 2 N–H and O–H groups in total. The zero-order chi connectivity index (χ0) is 16.2. The molecule has 0 spiro atoms. The Kier molecular flexibility index (Phi) is 5.34. The van der Waals surface area contributed by atoms with Crippen LogP contribution in [-0.4, -0.2) is 35.0 Å². The van der Waals surface area contributed by atoms with Gasteiger partial charge in [0, 0.05) is 18.9 Å². The summed E-state index contributed by atoms with van der Waals surface area (Å²) in [6.07, 6.45) is 6.57. The second-order valence-corrected chi connectivity index (χ2v) is 6.86. The van der Waals surface area contributed by atoms with Gasteiger partial charge in [0.25, 0.3) is 0 Å². The highest BCUT2D eigenvalue weighted by atomic mass is 16.5. The van der Waals surface area contributed by atoms with Gasteiger partial charge in [-0.1, -0.05) is 24.3 Å². The summed E-state index contributed by atoms with van der Waals surface area (Å²) in [4.78, 5) is 10.7. The van der Waals surface area contributed by atoms with E-state index in [1.165, 1.54) is 11.1 Å². The molecule has 0 amide bonds. The smallest absolute Gasteiger partial charge is 0.303 e. The van der Waals surface area contributed by atoms with Crippen molar-refractivity contribution in [1.29, 1.82) is 0 Å². The minimum absolute atomic E-state index is 0.223. The lowest BCUT2D eigenvalue weighted by molar-refractivity contribution is -0.137. The normalized spacial score (nSPS) is 29.1. The Morgan fingerprint density at radius 1 is 1.09 bits per heavy atom. The molecule has 1 aromatic carbocycles. The first-order chi connectivity index (χ1) is 11.2. The minimum atomic E-state index is -0.729. The Balaban J connectivity index is 1.58. The Hall–Kier alpha value is -1.39. The zero-order valence-corrected chi connectivity index (χ0v) is 13.5. The number of carbonyl (C=O) groups is 1. The minimum Gasteiger partial charge on any atom is -0.481 e. The van der Waals surface area contributed by atoms with Crippen molar-refractivity contribution in [3.63, 3.8) is 0 Å². The SMILES string of the molecule is O=C(O)CCCc1ccccc1CC[C@@H]1[C@H](CO)[C@H]2CC[C@@H]1O2. The molecule has 0 saturated carbocycles. The number of carboxylic acids is 1. The molecular formula is C19H26O4. The van der Waals surface area contributed by atoms with Gasteiger partial charge in [-0.3, -0.25) is 4.79 Å². The van der Waals surface area contributed by atoms with Gasteiger partial charge in [-0.2, -0.15) is 0 Å². The van der Waals surface area contributed by atoms with E-state index >= 15 is 0 Å². The van der Waals surface area contributed by atoms with E-state index in [1.54, 1.807) is 0 Å². The molecule has 0 aliphatic carbocycles. The Morgan fingerprint density at radius 2 is 1.74 bits per heavy atom. The van der Waals surface area contributed by atoms with Gasteiger partial charge >= 0.3 is 5.97 Å². The summed E-state index contributed by atoms with van der Waals surface area (Å²) in [6, 6.07) is 8.34. The summed E-state index contributed by atoms with van der Waals surface area (Å²) in [5.74, 6) is 0.0335. The summed E-state index contributed by atoms with van der Waals surface area (Å²) in [5, 5.41) is 18.4. The maximum absolute atomic E-state index is 10.7. The molecular weight excluding hydrogens is 292 g/mol. The molecule has 2 bridgehead atoms. The van der Waals surface area contributed by atoms with Crippen LogP contribution in [0.1, 0.15) is 43.2 Å². The van der Waals surface area contributed by atoms with Crippen molar-refractivity contribution in [3.05, 3.63) is 35.4 Å². The van der Waals surface area contributed by atoms with Gasteiger partial charge in [0.05, 0.1) is 12.2 Å². The van der Waals surface area contributed by atoms with E-state index in [2.05, 4.69) is 18.2 Å². The lowest BCUT2D eigenvalue weighted by Gasteiger charge is -2.26. The number of ether oxygens (including phenoxy) is 1. The average molecular weight is 318 g/mol. The maximum atomic E-state index is 10.7. The number of carboxylic acid groups (broad SMARTS) is 1. The van der Waals surface area contributed by atoms with Crippen LogP contribution in [0, 0.1) is 11.8 Å². The fraction of sp³-hybridized carbons (Fsp3) is 0.632. The third-order valence-electron chi connectivity index (χ3n) is 5.50. The van der Waals surface area contributed by atoms with E-state index in [0.717, 1.165) is 32.1 Å². The molecule has 2 saturated heterocycles. The molecule has 0 radical (unpaired) electrons. The highest BCUT2D eigenvalue weighted by molar-refractivity contribution is 5.66. The highest BCUT2D eigenvalue weighted by Gasteiger charge is 2.47. The average Bonchev–Trinajstić information content (AvgIpc) is 3.14. The molecule has 3 rings (SSSR count). The number of hydrogen-bond donors (Lipinski definition) is 2. The van der Waals surface area contributed by atoms with Crippen molar-refractivity contribution >= 4 is 5.97 Å². The van der Waals surface area contributed by atoms with E-state index in [4.69, 9.17) is 9.84 Å². The molecule has 1 aromatic rings. The number of aliphatic carboxylic acids is 1. The van der Waals surface area contributed by atoms with Crippen LogP contribution in [0.2, 0.25) is 0 Å². The van der Waals surface area contributed by atoms with Gasteiger partial charge in [0.15, 0.2) is 0 Å². The third kappa shape index (κ3) is 3.75. The summed E-state index contributed by atoms with van der Waals surface area (Å²) in [5.41, 5.74) is 2.58. The molecule has 126 valence electrons. The van der Waals surface area contributed by atoms with E-state index < -0.39 is 5.97 Å². The van der Waals surface area contributed by atoms with Crippen molar-refractivity contribution in [3.8, 4) is 0 Å². The fourth-order valence-electron chi connectivity index (χ4n) is 4.32. The largest absolute Gasteiger partial charge is 0.481 e. The molecule has 23 heavy (non-hydrogen) atoms. The third-order valence-corrected chi connectivity index (χ3v) is 5.50. The number of rotatable bonds is 8. The molecule has 2 heterocycles. The van der Waals surface area contributed by atoms with E-state index in [1.807, 2.05) is 6.07 Å². The van der Waals surface area contributed by atoms with E-state index in [-0.39, 0.29) is 19.1 Å². The van der Waals surface area contributed by atoms with Crippen LogP contribution in [0.5, 0.6) is 0 Å². The predicted molar refractivity (Wildman–Crippen MR) is 87.3 cm³/mol. The van der Waals surface area contributed by atoms with Gasteiger partial charge in [-0.25, -0.2) is 0 Å². The van der Waals surface area contributed by atoms with E-state index in [9.17, 15) is 9.90 Å². The number of aliphatic hydroxyl groups is 1.